The number of rotatable bonds is 6. The average Bonchev–Trinajstić information content (AvgIpc) is 2.72. The van der Waals surface area contributed by atoms with Gasteiger partial charge in [-0.3, -0.25) is 19.7 Å². The van der Waals surface area contributed by atoms with Crippen molar-refractivity contribution in [2.24, 2.45) is 5.92 Å². The number of piperidine rings is 1. The first-order valence-corrected chi connectivity index (χ1v) is 9.62. The number of likely N-dealkylation sites (tertiary alicyclic amines) is 1. The maximum absolute atomic E-state index is 13.0. The third-order valence-electron chi connectivity index (χ3n) is 4.80. The molecule has 29 heavy (non-hydrogen) atoms. The first kappa shape index (κ1) is 22.3. The minimum atomic E-state index is -0.705. The van der Waals surface area contributed by atoms with Gasteiger partial charge in [0.25, 0.3) is 11.8 Å². The molecular formula is C20H26FN3O5. The number of carbonyl (C=O) groups excluding carboxylic acids is 4. The summed E-state index contributed by atoms with van der Waals surface area (Å²) >= 11 is 0. The second-order valence-electron chi connectivity index (χ2n) is 7.01. The Kier molecular flexibility index (Phi) is 8.11. The van der Waals surface area contributed by atoms with E-state index in [0.29, 0.717) is 31.5 Å². The molecule has 0 bridgehead atoms. The fourth-order valence-corrected chi connectivity index (χ4v) is 2.87. The molecule has 1 saturated heterocycles. The normalized spacial score (nSPS) is 15.3. The fraction of sp³-hybridized carbons (Fsp3) is 0.500. The van der Waals surface area contributed by atoms with Gasteiger partial charge in [-0.15, -0.1) is 0 Å². The molecule has 1 aliphatic heterocycles. The molecule has 1 fully saturated rings. The van der Waals surface area contributed by atoms with Crippen LogP contribution in [0.5, 0.6) is 0 Å². The molecule has 0 aromatic heterocycles. The second kappa shape index (κ2) is 10.5. The number of imide groups is 1. The molecule has 1 aliphatic rings. The molecule has 158 valence electrons. The van der Waals surface area contributed by atoms with Gasteiger partial charge in [-0.2, -0.15) is 0 Å². The molecule has 2 rings (SSSR count). The lowest BCUT2D eigenvalue weighted by Crippen LogP contribution is -2.45. The van der Waals surface area contributed by atoms with Gasteiger partial charge < -0.3 is 15.0 Å². The molecule has 0 spiro atoms. The van der Waals surface area contributed by atoms with Gasteiger partial charge in [-0.25, -0.2) is 9.18 Å². The highest BCUT2D eigenvalue weighted by molar-refractivity contribution is 5.96. The Labute approximate surface area is 168 Å². The Morgan fingerprint density at radius 2 is 1.79 bits per heavy atom. The number of nitrogens with zero attached hydrogens (tertiary/aromatic N) is 1. The molecule has 0 saturated carbocycles. The summed E-state index contributed by atoms with van der Waals surface area (Å²) < 4.78 is 18.0. The molecule has 1 atom stereocenters. The summed E-state index contributed by atoms with van der Waals surface area (Å²) in [5.41, 5.74) is 0.389. The van der Waals surface area contributed by atoms with Crippen LogP contribution in [0.1, 0.15) is 43.5 Å². The first-order valence-electron chi connectivity index (χ1n) is 9.62. The quantitative estimate of drug-likeness (QED) is 0.701. The monoisotopic (exact) mass is 407 g/mol. The van der Waals surface area contributed by atoms with Crippen molar-refractivity contribution in [1.82, 2.24) is 15.5 Å². The Hall–Kier alpha value is -2.97. The van der Waals surface area contributed by atoms with E-state index in [9.17, 15) is 23.6 Å². The SMILES string of the molecule is CC[C@H](C)NC(=O)NC(=O)COC(=O)C1CCN(C(=O)c2ccc(F)cc2)CC1. The van der Waals surface area contributed by atoms with E-state index in [1.807, 2.05) is 6.92 Å². The maximum Gasteiger partial charge on any atom is 0.321 e. The number of benzene rings is 1. The summed E-state index contributed by atoms with van der Waals surface area (Å²) in [6.45, 7) is 3.88. The topological polar surface area (TPSA) is 105 Å². The minimum absolute atomic E-state index is 0.0758. The summed E-state index contributed by atoms with van der Waals surface area (Å²) in [6, 6.07) is 4.60. The molecule has 0 radical (unpaired) electrons. The summed E-state index contributed by atoms with van der Waals surface area (Å²) in [6.07, 6.45) is 1.53. The first-order chi connectivity index (χ1) is 13.8. The van der Waals surface area contributed by atoms with Crippen molar-refractivity contribution in [1.29, 1.82) is 0 Å². The lowest BCUT2D eigenvalue weighted by atomic mass is 9.96. The van der Waals surface area contributed by atoms with Gasteiger partial charge in [0.15, 0.2) is 6.61 Å². The Morgan fingerprint density at radius 3 is 2.38 bits per heavy atom. The van der Waals surface area contributed by atoms with E-state index >= 15 is 0 Å². The lowest BCUT2D eigenvalue weighted by Gasteiger charge is -2.31. The largest absolute Gasteiger partial charge is 0.455 e. The van der Waals surface area contributed by atoms with Crippen LogP contribution in [0.15, 0.2) is 24.3 Å². The molecule has 1 aromatic carbocycles. The van der Waals surface area contributed by atoms with E-state index in [2.05, 4.69) is 10.6 Å². The molecular weight excluding hydrogens is 381 g/mol. The zero-order chi connectivity index (χ0) is 21.4. The van der Waals surface area contributed by atoms with Crippen LogP contribution in [0.4, 0.5) is 9.18 Å². The number of amides is 4. The molecule has 2 N–H and O–H groups in total. The third kappa shape index (κ3) is 6.85. The highest BCUT2D eigenvalue weighted by Crippen LogP contribution is 2.20. The predicted molar refractivity (Wildman–Crippen MR) is 102 cm³/mol. The molecule has 0 unspecified atom stereocenters. The number of hydrogen-bond acceptors (Lipinski definition) is 5. The van der Waals surface area contributed by atoms with Crippen LogP contribution in [0, 0.1) is 11.7 Å². The Bertz CT molecular complexity index is 745. The fourth-order valence-electron chi connectivity index (χ4n) is 2.87. The molecule has 8 nitrogen and oxygen atoms in total. The van der Waals surface area contributed by atoms with Crippen LogP contribution in [-0.4, -0.2) is 54.5 Å². The summed E-state index contributed by atoms with van der Waals surface area (Å²) in [5.74, 6) is -2.29. The standard InChI is InChI=1S/C20H26FN3O5/c1-3-13(2)22-20(28)23-17(25)12-29-19(27)15-8-10-24(11-9-15)18(26)14-4-6-16(21)7-5-14/h4-7,13,15H,3,8-12H2,1-2H3,(H2,22,23,25,28)/t13-/m0/s1. The number of urea groups is 1. The van der Waals surface area contributed by atoms with Gasteiger partial charge in [-0.1, -0.05) is 6.92 Å². The number of ether oxygens (including phenoxy) is 1. The zero-order valence-corrected chi connectivity index (χ0v) is 16.6. The van der Waals surface area contributed by atoms with Gasteiger partial charge in [0.2, 0.25) is 0 Å². The minimum Gasteiger partial charge on any atom is -0.455 e. The molecule has 4 amide bonds. The van der Waals surface area contributed by atoms with Crippen LogP contribution >= 0.6 is 0 Å². The lowest BCUT2D eigenvalue weighted by molar-refractivity contribution is -0.153. The summed E-state index contributed by atoms with van der Waals surface area (Å²) in [7, 11) is 0. The van der Waals surface area contributed by atoms with Crippen LogP contribution in [0.3, 0.4) is 0 Å². The van der Waals surface area contributed by atoms with Gasteiger partial charge in [0.05, 0.1) is 5.92 Å². The van der Waals surface area contributed by atoms with Gasteiger partial charge in [0, 0.05) is 24.7 Å². The van der Waals surface area contributed by atoms with Crippen molar-refractivity contribution in [3.05, 3.63) is 35.6 Å². The Balaban J connectivity index is 1.72. The molecule has 1 aromatic rings. The van der Waals surface area contributed by atoms with Gasteiger partial charge in [-0.05, 0) is 50.5 Å². The highest BCUT2D eigenvalue weighted by atomic mass is 19.1. The van der Waals surface area contributed by atoms with E-state index in [4.69, 9.17) is 4.74 Å². The average molecular weight is 407 g/mol. The highest BCUT2D eigenvalue weighted by Gasteiger charge is 2.29. The van der Waals surface area contributed by atoms with E-state index < -0.39 is 36.2 Å². The van der Waals surface area contributed by atoms with E-state index in [-0.39, 0.29) is 11.9 Å². The molecule has 0 aliphatic carbocycles. The number of hydrogen-bond donors (Lipinski definition) is 2. The van der Waals surface area contributed by atoms with Crippen LogP contribution in [-0.2, 0) is 14.3 Å². The number of halogens is 1. The summed E-state index contributed by atoms with van der Waals surface area (Å²) in [5, 5.41) is 4.68. The number of carbonyl (C=O) groups is 4. The predicted octanol–water partition coefficient (Wildman–Crippen LogP) is 1.85. The van der Waals surface area contributed by atoms with E-state index in [1.54, 1.807) is 11.8 Å². The second-order valence-corrected chi connectivity index (χ2v) is 7.01. The van der Waals surface area contributed by atoms with E-state index in [0.717, 1.165) is 6.42 Å². The van der Waals surface area contributed by atoms with Crippen LogP contribution < -0.4 is 10.6 Å². The zero-order valence-electron chi connectivity index (χ0n) is 16.6. The van der Waals surface area contributed by atoms with Crippen molar-refractivity contribution in [2.45, 2.75) is 39.2 Å². The van der Waals surface area contributed by atoms with Gasteiger partial charge >= 0.3 is 12.0 Å². The van der Waals surface area contributed by atoms with Crippen molar-refractivity contribution in [3.8, 4) is 0 Å². The van der Waals surface area contributed by atoms with E-state index in [1.165, 1.54) is 24.3 Å². The number of nitrogens with one attached hydrogen (secondary N) is 2. The number of esters is 1. The van der Waals surface area contributed by atoms with Crippen molar-refractivity contribution in [3.63, 3.8) is 0 Å². The van der Waals surface area contributed by atoms with Crippen LogP contribution in [0.25, 0.3) is 0 Å². The summed E-state index contributed by atoms with van der Waals surface area (Å²) in [4.78, 5) is 49.4. The van der Waals surface area contributed by atoms with Crippen molar-refractivity contribution in [2.75, 3.05) is 19.7 Å². The molecule has 9 heteroatoms. The van der Waals surface area contributed by atoms with Crippen molar-refractivity contribution < 1.29 is 28.3 Å². The Morgan fingerprint density at radius 1 is 1.17 bits per heavy atom. The van der Waals surface area contributed by atoms with Gasteiger partial charge in [0.1, 0.15) is 5.82 Å². The molecule has 1 heterocycles. The third-order valence-corrected chi connectivity index (χ3v) is 4.80. The maximum atomic E-state index is 13.0. The van der Waals surface area contributed by atoms with Crippen molar-refractivity contribution >= 4 is 23.8 Å². The van der Waals surface area contributed by atoms with Crippen LogP contribution in [0.2, 0.25) is 0 Å². The smallest absolute Gasteiger partial charge is 0.321 e.